The molecule has 0 atom stereocenters. The van der Waals surface area contributed by atoms with E-state index in [0.717, 1.165) is 13.1 Å². The molecule has 0 unspecified atom stereocenters. The lowest BCUT2D eigenvalue weighted by molar-refractivity contribution is 0.0600. The van der Waals surface area contributed by atoms with Crippen LogP contribution in [-0.4, -0.2) is 34.0 Å². The number of carbonyl (C=O) groups is 1. The highest BCUT2D eigenvalue weighted by Gasteiger charge is 2.33. The first-order valence-electron chi connectivity index (χ1n) is 5.86. The molecule has 0 bridgehead atoms. The fourth-order valence-electron chi connectivity index (χ4n) is 2.17. The highest BCUT2D eigenvalue weighted by atomic mass is 16.5. The van der Waals surface area contributed by atoms with Gasteiger partial charge >= 0.3 is 0 Å². The number of aromatic nitrogens is 2. The van der Waals surface area contributed by atoms with Crippen molar-refractivity contribution in [1.29, 1.82) is 0 Å². The number of pyridine rings is 1. The quantitative estimate of drug-likeness (QED) is 0.804. The highest BCUT2D eigenvalue weighted by molar-refractivity contribution is 5.95. The van der Waals surface area contributed by atoms with Gasteiger partial charge in [-0.1, -0.05) is 5.16 Å². The maximum absolute atomic E-state index is 12.1. The van der Waals surface area contributed by atoms with Crippen molar-refractivity contribution in [1.82, 2.24) is 15.0 Å². The zero-order valence-electron chi connectivity index (χ0n) is 10.0. The van der Waals surface area contributed by atoms with Gasteiger partial charge in [-0.3, -0.25) is 9.78 Å². The van der Waals surface area contributed by atoms with Crippen molar-refractivity contribution in [3.8, 4) is 0 Å². The lowest BCUT2D eigenvalue weighted by Gasteiger charge is -2.39. The van der Waals surface area contributed by atoms with Crippen LogP contribution in [0.3, 0.4) is 0 Å². The van der Waals surface area contributed by atoms with Gasteiger partial charge in [0.2, 0.25) is 0 Å². The summed E-state index contributed by atoms with van der Waals surface area (Å²) in [6.07, 6.45) is 5.05. The first-order valence-corrected chi connectivity index (χ1v) is 5.86. The Hall–Kier alpha value is -2.17. The molecule has 18 heavy (non-hydrogen) atoms. The zero-order chi connectivity index (χ0) is 12.5. The Bertz CT molecular complexity index is 559. The van der Waals surface area contributed by atoms with Gasteiger partial charge in [0.05, 0.1) is 6.20 Å². The van der Waals surface area contributed by atoms with E-state index in [1.807, 2.05) is 17.0 Å². The molecule has 0 aliphatic carbocycles. The van der Waals surface area contributed by atoms with E-state index in [-0.39, 0.29) is 5.91 Å². The smallest absolute Gasteiger partial charge is 0.259 e. The molecule has 1 amide bonds. The normalized spacial score (nSPS) is 15.5. The fourth-order valence-corrected chi connectivity index (χ4v) is 2.17. The van der Waals surface area contributed by atoms with E-state index in [2.05, 4.69) is 10.1 Å². The molecule has 2 aromatic rings. The van der Waals surface area contributed by atoms with E-state index in [0.29, 0.717) is 17.2 Å². The van der Waals surface area contributed by atoms with Crippen LogP contribution >= 0.6 is 0 Å². The maximum atomic E-state index is 12.1. The van der Waals surface area contributed by atoms with Crippen molar-refractivity contribution >= 4 is 5.91 Å². The Morgan fingerprint density at radius 3 is 2.72 bits per heavy atom. The van der Waals surface area contributed by atoms with Crippen molar-refractivity contribution in [2.24, 2.45) is 0 Å². The number of likely N-dealkylation sites (tertiary alicyclic amines) is 1. The van der Waals surface area contributed by atoms with Gasteiger partial charge in [-0.2, -0.15) is 0 Å². The van der Waals surface area contributed by atoms with Crippen LogP contribution in [0.1, 0.15) is 27.6 Å². The van der Waals surface area contributed by atoms with Crippen LogP contribution in [0.5, 0.6) is 0 Å². The van der Waals surface area contributed by atoms with Crippen LogP contribution in [-0.2, 0) is 0 Å². The summed E-state index contributed by atoms with van der Waals surface area (Å²) in [6.45, 7) is 3.24. The van der Waals surface area contributed by atoms with Crippen molar-refractivity contribution in [2.45, 2.75) is 12.8 Å². The molecule has 5 nitrogen and oxygen atoms in total. The number of amides is 1. The minimum Gasteiger partial charge on any atom is -0.361 e. The second-order valence-electron chi connectivity index (χ2n) is 4.48. The first-order chi connectivity index (χ1) is 8.75. The second-order valence-corrected chi connectivity index (χ2v) is 4.48. The summed E-state index contributed by atoms with van der Waals surface area (Å²) in [4.78, 5) is 17.9. The summed E-state index contributed by atoms with van der Waals surface area (Å²) < 4.78 is 4.91. The van der Waals surface area contributed by atoms with Crippen LogP contribution in [0.4, 0.5) is 0 Å². The molecule has 3 rings (SSSR count). The molecule has 0 saturated carbocycles. The van der Waals surface area contributed by atoms with E-state index in [1.54, 1.807) is 19.3 Å². The Labute approximate surface area is 104 Å². The molecule has 5 heteroatoms. The van der Waals surface area contributed by atoms with Crippen molar-refractivity contribution in [3.63, 3.8) is 0 Å². The average Bonchev–Trinajstić information content (AvgIpc) is 2.75. The van der Waals surface area contributed by atoms with Gasteiger partial charge in [-0.05, 0) is 24.6 Å². The number of hydrogen-bond acceptors (Lipinski definition) is 4. The second kappa shape index (κ2) is 4.25. The largest absolute Gasteiger partial charge is 0.361 e. The Kier molecular flexibility index (Phi) is 2.59. The van der Waals surface area contributed by atoms with Gasteiger partial charge in [-0.25, -0.2) is 0 Å². The molecule has 0 radical (unpaired) electrons. The summed E-state index contributed by atoms with van der Waals surface area (Å²) in [7, 11) is 0. The highest BCUT2D eigenvalue weighted by Crippen LogP contribution is 2.28. The third-order valence-electron chi connectivity index (χ3n) is 3.33. The van der Waals surface area contributed by atoms with E-state index in [4.69, 9.17) is 4.52 Å². The van der Waals surface area contributed by atoms with Crippen LogP contribution in [0, 0.1) is 6.92 Å². The molecule has 0 aromatic carbocycles. The molecule has 1 saturated heterocycles. The molecule has 2 aromatic heterocycles. The van der Waals surface area contributed by atoms with E-state index < -0.39 is 0 Å². The summed E-state index contributed by atoms with van der Waals surface area (Å²) in [5.41, 5.74) is 1.79. The van der Waals surface area contributed by atoms with Crippen molar-refractivity contribution in [3.05, 3.63) is 47.6 Å². The molecule has 0 spiro atoms. The topological polar surface area (TPSA) is 59.2 Å². The van der Waals surface area contributed by atoms with Crippen LogP contribution in [0.25, 0.3) is 0 Å². The predicted octanol–water partition coefficient (Wildman–Crippen LogP) is 1.62. The summed E-state index contributed by atoms with van der Waals surface area (Å²) >= 11 is 0. The van der Waals surface area contributed by atoms with Crippen LogP contribution in [0.2, 0.25) is 0 Å². The molecule has 1 fully saturated rings. The SMILES string of the molecule is Cc1oncc1C(=O)N1CC(c2ccncc2)C1. The Morgan fingerprint density at radius 1 is 1.39 bits per heavy atom. The average molecular weight is 243 g/mol. The van der Waals surface area contributed by atoms with Gasteiger partial charge in [0, 0.05) is 31.4 Å². The standard InChI is InChI=1S/C13H13N3O2/c1-9-12(6-15-18-9)13(17)16-7-11(8-16)10-2-4-14-5-3-10/h2-6,11H,7-8H2,1H3. The lowest BCUT2D eigenvalue weighted by atomic mass is 9.91. The molecular weight excluding hydrogens is 230 g/mol. The first kappa shape index (κ1) is 11.0. The van der Waals surface area contributed by atoms with Gasteiger partial charge in [0.25, 0.3) is 5.91 Å². The van der Waals surface area contributed by atoms with Crippen molar-refractivity contribution in [2.75, 3.05) is 13.1 Å². The minimum absolute atomic E-state index is 0.000874. The molecular formula is C13H13N3O2. The Balaban J connectivity index is 1.66. The van der Waals surface area contributed by atoms with Crippen LogP contribution < -0.4 is 0 Å². The maximum Gasteiger partial charge on any atom is 0.259 e. The third kappa shape index (κ3) is 1.77. The third-order valence-corrected chi connectivity index (χ3v) is 3.33. The number of hydrogen-bond donors (Lipinski definition) is 0. The monoisotopic (exact) mass is 243 g/mol. The van der Waals surface area contributed by atoms with E-state index >= 15 is 0 Å². The van der Waals surface area contributed by atoms with Gasteiger partial charge < -0.3 is 9.42 Å². The Morgan fingerprint density at radius 2 is 2.11 bits per heavy atom. The van der Waals surface area contributed by atoms with E-state index in [9.17, 15) is 4.79 Å². The van der Waals surface area contributed by atoms with Crippen LogP contribution in [0.15, 0.2) is 35.2 Å². The molecule has 3 heterocycles. The van der Waals surface area contributed by atoms with Crippen molar-refractivity contribution < 1.29 is 9.32 Å². The number of carbonyl (C=O) groups excluding carboxylic acids is 1. The summed E-state index contributed by atoms with van der Waals surface area (Å²) in [5, 5.41) is 3.63. The van der Waals surface area contributed by atoms with Gasteiger partial charge in [-0.15, -0.1) is 0 Å². The number of aryl methyl sites for hydroxylation is 1. The molecule has 1 aliphatic heterocycles. The van der Waals surface area contributed by atoms with Gasteiger partial charge in [0.15, 0.2) is 0 Å². The van der Waals surface area contributed by atoms with Gasteiger partial charge in [0.1, 0.15) is 11.3 Å². The zero-order valence-corrected chi connectivity index (χ0v) is 10.0. The molecule has 0 N–H and O–H groups in total. The summed E-state index contributed by atoms with van der Waals surface area (Å²) in [6, 6.07) is 3.99. The number of rotatable bonds is 2. The predicted molar refractivity (Wildman–Crippen MR) is 64.1 cm³/mol. The lowest BCUT2D eigenvalue weighted by Crippen LogP contribution is -2.48. The molecule has 1 aliphatic rings. The fraction of sp³-hybridized carbons (Fsp3) is 0.308. The van der Waals surface area contributed by atoms with E-state index in [1.165, 1.54) is 11.8 Å². The molecule has 92 valence electrons. The summed E-state index contributed by atoms with van der Waals surface area (Å²) in [5.74, 6) is 0.989. The minimum atomic E-state index is -0.000874. The number of nitrogens with zero attached hydrogens (tertiary/aromatic N) is 3.